The molecule has 1 amide bonds. The quantitative estimate of drug-likeness (QED) is 0.343. The van der Waals surface area contributed by atoms with Crippen LogP contribution in [0.15, 0.2) is 23.4 Å². The number of aliphatic carboxylic acids is 1. The number of allylic oxidation sites excluding steroid dienone is 1. The number of carboxylic acids is 1. The molecule has 0 bridgehead atoms. The molecule has 26 heavy (non-hydrogen) atoms. The number of carboxylic acid groups (broad SMARTS) is 1. The van der Waals surface area contributed by atoms with Crippen LogP contribution in [-0.2, 0) is 9.59 Å². The predicted octanol–water partition coefficient (Wildman–Crippen LogP) is 0.542. The van der Waals surface area contributed by atoms with Crippen LogP contribution < -0.4 is 5.73 Å². The van der Waals surface area contributed by atoms with Crippen molar-refractivity contribution in [3.8, 4) is 0 Å². The zero-order valence-electron chi connectivity index (χ0n) is 16.1. The molecule has 146 valence electrons. The number of unbranched alkanes of at least 4 members (excludes halogenated alkanes) is 1. The van der Waals surface area contributed by atoms with E-state index in [4.69, 9.17) is 5.73 Å². The first-order valence-corrected chi connectivity index (χ1v) is 9.99. The molecule has 2 atom stereocenters. The average molecular weight is 384 g/mol. The van der Waals surface area contributed by atoms with Crippen LogP contribution >= 0.6 is 11.8 Å². The van der Waals surface area contributed by atoms with Crippen molar-refractivity contribution in [2.45, 2.75) is 24.3 Å². The van der Waals surface area contributed by atoms with Gasteiger partial charge in [0.05, 0.1) is 27.2 Å². The third-order valence-electron chi connectivity index (χ3n) is 4.78. The molecular formula is C18H31N4O3S+. The number of likely N-dealkylation sites (N-methyl/N-ethyl adjacent to an activating group) is 1. The monoisotopic (exact) mass is 383 g/mol. The molecular weight excluding hydrogens is 352 g/mol. The summed E-state index contributed by atoms with van der Waals surface area (Å²) >= 11 is 1.53. The number of nitrogens with two attached hydrogens (primary N) is 1. The lowest BCUT2D eigenvalue weighted by atomic mass is 10.0. The van der Waals surface area contributed by atoms with E-state index in [-0.39, 0.29) is 17.0 Å². The molecule has 8 heteroatoms. The summed E-state index contributed by atoms with van der Waals surface area (Å²) in [5, 5.41) is 9.30. The molecule has 3 N–H and O–H groups in total. The summed E-state index contributed by atoms with van der Waals surface area (Å²) in [6.07, 6.45) is 6.21. The number of nitrogens with zero attached hydrogens (tertiary/aromatic N) is 3. The van der Waals surface area contributed by atoms with E-state index in [1.165, 1.54) is 23.1 Å². The standard InChI is InChI=1S/C18H30N4O3S/c1-20(2)9-5-6-10-22(3,4)11-7-8-13-12-26-17-14(19)16(23)21(17)15(13)18(24)25/h7-8,14,17H,5-6,9-12,19H2,1-4H3/p+1/b8-7+/t14-,17-/m1/s1. The lowest BCUT2D eigenvalue weighted by Gasteiger charge is -2.47. The maximum atomic E-state index is 11.9. The van der Waals surface area contributed by atoms with Gasteiger partial charge < -0.3 is 20.2 Å². The minimum atomic E-state index is -1.06. The molecule has 0 radical (unpaired) electrons. The van der Waals surface area contributed by atoms with E-state index in [9.17, 15) is 14.7 Å². The fourth-order valence-corrected chi connectivity index (χ4v) is 4.47. The summed E-state index contributed by atoms with van der Waals surface area (Å²) in [6, 6.07) is -0.586. The summed E-state index contributed by atoms with van der Waals surface area (Å²) in [6.45, 7) is 2.98. The van der Waals surface area contributed by atoms with Crippen molar-refractivity contribution >= 4 is 23.6 Å². The van der Waals surface area contributed by atoms with Crippen LogP contribution in [0.25, 0.3) is 0 Å². The van der Waals surface area contributed by atoms with Crippen molar-refractivity contribution in [3.63, 3.8) is 0 Å². The fraction of sp³-hybridized carbons (Fsp3) is 0.667. The van der Waals surface area contributed by atoms with Crippen LogP contribution in [0.3, 0.4) is 0 Å². The normalized spacial score (nSPS) is 23.6. The van der Waals surface area contributed by atoms with E-state index in [0.29, 0.717) is 11.3 Å². The van der Waals surface area contributed by atoms with Gasteiger partial charge >= 0.3 is 5.97 Å². The number of hydrogen-bond donors (Lipinski definition) is 2. The third-order valence-corrected chi connectivity index (χ3v) is 6.10. The fourth-order valence-electron chi connectivity index (χ4n) is 3.21. The Bertz CT molecular complexity index is 616. The molecule has 1 fully saturated rings. The molecule has 2 aliphatic heterocycles. The Labute approximate surface area is 160 Å². The molecule has 0 aromatic heterocycles. The number of carbonyl (C=O) groups is 2. The Morgan fingerprint density at radius 3 is 2.73 bits per heavy atom. The highest BCUT2D eigenvalue weighted by atomic mass is 32.2. The van der Waals surface area contributed by atoms with Crippen LogP contribution in [-0.4, -0.2) is 96.3 Å². The first-order chi connectivity index (χ1) is 12.1. The molecule has 7 nitrogen and oxygen atoms in total. The molecule has 2 aliphatic rings. The smallest absolute Gasteiger partial charge is 0.352 e. The van der Waals surface area contributed by atoms with Gasteiger partial charge in [-0.15, -0.1) is 11.8 Å². The van der Waals surface area contributed by atoms with Gasteiger partial charge in [0.25, 0.3) is 0 Å². The molecule has 0 unspecified atom stereocenters. The van der Waals surface area contributed by atoms with Crippen LogP contribution in [0.5, 0.6) is 0 Å². The third kappa shape index (κ3) is 4.88. The first-order valence-electron chi connectivity index (χ1n) is 8.94. The lowest BCUT2D eigenvalue weighted by molar-refractivity contribution is -0.884. The topological polar surface area (TPSA) is 86.9 Å². The minimum absolute atomic E-state index is 0.0907. The highest BCUT2D eigenvalue weighted by Gasteiger charge is 2.51. The van der Waals surface area contributed by atoms with Crippen molar-refractivity contribution < 1.29 is 19.2 Å². The number of β-lactam (4-membered cyclic amide) rings is 1. The van der Waals surface area contributed by atoms with E-state index in [2.05, 4.69) is 33.1 Å². The molecule has 0 spiro atoms. The number of carbonyl (C=O) groups excluding carboxylic acids is 1. The van der Waals surface area contributed by atoms with Gasteiger partial charge in [0, 0.05) is 5.75 Å². The second kappa shape index (κ2) is 8.56. The van der Waals surface area contributed by atoms with Crippen molar-refractivity contribution in [3.05, 3.63) is 23.4 Å². The van der Waals surface area contributed by atoms with Gasteiger partial charge in [0.1, 0.15) is 17.1 Å². The van der Waals surface area contributed by atoms with Crippen molar-refractivity contribution in [1.29, 1.82) is 0 Å². The Balaban J connectivity index is 1.97. The first kappa shape index (κ1) is 21.0. The maximum Gasteiger partial charge on any atom is 0.352 e. The Morgan fingerprint density at radius 2 is 2.12 bits per heavy atom. The zero-order valence-corrected chi connectivity index (χ0v) is 17.0. The summed E-state index contributed by atoms with van der Waals surface area (Å²) in [4.78, 5) is 27.1. The number of rotatable bonds is 9. The van der Waals surface area contributed by atoms with Crippen molar-refractivity contribution in [2.24, 2.45) is 5.73 Å². The Kier molecular flexibility index (Phi) is 6.90. The van der Waals surface area contributed by atoms with Gasteiger partial charge in [-0.05, 0) is 45.1 Å². The van der Waals surface area contributed by atoms with E-state index in [1.807, 2.05) is 12.2 Å². The van der Waals surface area contributed by atoms with E-state index >= 15 is 0 Å². The van der Waals surface area contributed by atoms with Gasteiger partial charge in [0.15, 0.2) is 0 Å². The van der Waals surface area contributed by atoms with E-state index in [1.54, 1.807) is 0 Å². The number of amides is 1. The molecule has 0 saturated carbocycles. The van der Waals surface area contributed by atoms with E-state index < -0.39 is 12.0 Å². The van der Waals surface area contributed by atoms with Gasteiger partial charge in [-0.2, -0.15) is 0 Å². The van der Waals surface area contributed by atoms with Gasteiger partial charge in [-0.3, -0.25) is 9.69 Å². The average Bonchev–Trinajstić information content (AvgIpc) is 2.57. The summed E-state index contributed by atoms with van der Waals surface area (Å²) < 4.78 is 0.850. The van der Waals surface area contributed by atoms with Gasteiger partial charge in [-0.1, -0.05) is 6.08 Å². The largest absolute Gasteiger partial charge is 0.477 e. The SMILES string of the molecule is CN(C)CCCC[N+](C)(C)C/C=C/C1=C(C(=O)O)N2C(=O)[C@@H](N)[C@H]2SC1. The van der Waals surface area contributed by atoms with Crippen LogP contribution in [0.4, 0.5) is 0 Å². The van der Waals surface area contributed by atoms with Crippen LogP contribution in [0.1, 0.15) is 12.8 Å². The molecule has 0 aromatic rings. The van der Waals surface area contributed by atoms with Gasteiger partial charge in [-0.25, -0.2) is 4.79 Å². The number of hydrogen-bond acceptors (Lipinski definition) is 5. The Morgan fingerprint density at radius 1 is 1.42 bits per heavy atom. The zero-order chi connectivity index (χ0) is 19.5. The van der Waals surface area contributed by atoms with Crippen molar-refractivity contribution in [1.82, 2.24) is 9.80 Å². The second-order valence-electron chi connectivity index (χ2n) is 7.87. The van der Waals surface area contributed by atoms with E-state index in [0.717, 1.165) is 30.5 Å². The molecule has 0 aliphatic carbocycles. The predicted molar refractivity (Wildman–Crippen MR) is 104 cm³/mol. The highest BCUT2D eigenvalue weighted by Crippen LogP contribution is 2.39. The number of quaternary nitrogens is 1. The maximum absolute atomic E-state index is 11.9. The minimum Gasteiger partial charge on any atom is -0.477 e. The molecule has 1 saturated heterocycles. The second-order valence-corrected chi connectivity index (χ2v) is 8.97. The summed E-state index contributed by atoms with van der Waals surface area (Å²) in [5.41, 5.74) is 6.54. The van der Waals surface area contributed by atoms with Gasteiger partial charge in [0.2, 0.25) is 5.91 Å². The highest BCUT2D eigenvalue weighted by molar-refractivity contribution is 8.00. The Hall–Kier alpha value is -1.35. The molecule has 2 rings (SSSR count). The molecule has 0 aromatic carbocycles. The number of fused-ring (bicyclic) bond motifs is 1. The number of thioether (sulfide) groups is 1. The summed E-state index contributed by atoms with van der Waals surface area (Å²) in [7, 11) is 8.52. The van der Waals surface area contributed by atoms with Crippen molar-refractivity contribution in [2.75, 3.05) is 53.6 Å². The summed E-state index contributed by atoms with van der Waals surface area (Å²) in [5.74, 6) is -0.800. The lowest BCUT2D eigenvalue weighted by Crippen LogP contribution is -2.68. The van der Waals surface area contributed by atoms with Crippen LogP contribution in [0, 0.1) is 0 Å². The molecule has 2 heterocycles. The van der Waals surface area contributed by atoms with Crippen LogP contribution in [0.2, 0.25) is 0 Å².